The number of anilines is 1. The summed E-state index contributed by atoms with van der Waals surface area (Å²) in [5.41, 5.74) is 0.995. The van der Waals surface area contributed by atoms with Gasteiger partial charge in [0.2, 0.25) is 0 Å². The Morgan fingerprint density at radius 3 is 2.87 bits per heavy atom. The maximum absolute atomic E-state index is 11.9. The quantitative estimate of drug-likeness (QED) is 0.848. The van der Waals surface area contributed by atoms with Gasteiger partial charge in [-0.25, -0.2) is 0 Å². The van der Waals surface area contributed by atoms with E-state index in [9.17, 15) is 9.59 Å². The SMILES string of the molecule is N#Cc1cccc(NC(=O)COC(=O)C[C@@H]2C[C@@H]3CC[C@@H]2C3)c1. The summed E-state index contributed by atoms with van der Waals surface area (Å²) in [5.74, 6) is 1.24. The molecule has 2 aliphatic rings. The van der Waals surface area contributed by atoms with Crippen molar-refractivity contribution in [2.45, 2.75) is 32.1 Å². The molecule has 2 bridgehead atoms. The Bertz CT molecular complexity index is 650. The van der Waals surface area contributed by atoms with Gasteiger partial charge in [0.15, 0.2) is 6.61 Å². The van der Waals surface area contributed by atoms with Gasteiger partial charge in [0.05, 0.1) is 11.6 Å². The minimum atomic E-state index is -0.388. The first-order chi connectivity index (χ1) is 11.1. The predicted molar refractivity (Wildman–Crippen MR) is 84.3 cm³/mol. The zero-order chi connectivity index (χ0) is 16.2. The van der Waals surface area contributed by atoms with E-state index in [2.05, 4.69) is 5.32 Å². The van der Waals surface area contributed by atoms with Crippen molar-refractivity contribution in [1.82, 2.24) is 0 Å². The van der Waals surface area contributed by atoms with Crippen LogP contribution in [0.5, 0.6) is 0 Å². The maximum Gasteiger partial charge on any atom is 0.306 e. The van der Waals surface area contributed by atoms with Crippen LogP contribution in [0.1, 0.15) is 37.7 Å². The lowest BCUT2D eigenvalue weighted by Gasteiger charge is -2.20. The fourth-order valence-electron chi connectivity index (χ4n) is 3.91. The van der Waals surface area contributed by atoms with Crippen molar-refractivity contribution < 1.29 is 14.3 Å². The van der Waals surface area contributed by atoms with Gasteiger partial charge >= 0.3 is 5.97 Å². The summed E-state index contributed by atoms with van der Waals surface area (Å²) < 4.78 is 5.09. The zero-order valence-electron chi connectivity index (χ0n) is 13.0. The lowest BCUT2D eigenvalue weighted by molar-refractivity contribution is -0.148. The van der Waals surface area contributed by atoms with Crippen LogP contribution in [0.2, 0.25) is 0 Å². The third-order valence-corrected chi connectivity index (χ3v) is 4.95. The highest BCUT2D eigenvalue weighted by atomic mass is 16.5. The first-order valence-electron chi connectivity index (χ1n) is 8.09. The zero-order valence-corrected chi connectivity index (χ0v) is 13.0. The van der Waals surface area contributed by atoms with E-state index in [1.165, 1.54) is 19.3 Å². The summed E-state index contributed by atoms with van der Waals surface area (Å²) >= 11 is 0. The van der Waals surface area contributed by atoms with Crippen LogP contribution in [0.25, 0.3) is 0 Å². The molecule has 0 saturated heterocycles. The Morgan fingerprint density at radius 2 is 2.17 bits per heavy atom. The highest BCUT2D eigenvalue weighted by Crippen LogP contribution is 2.49. The van der Waals surface area contributed by atoms with Gasteiger partial charge in [0, 0.05) is 12.1 Å². The second kappa shape index (κ2) is 6.82. The normalized spacial score (nSPS) is 24.9. The van der Waals surface area contributed by atoms with Gasteiger partial charge in [-0.1, -0.05) is 12.5 Å². The van der Waals surface area contributed by atoms with Crippen LogP contribution in [-0.4, -0.2) is 18.5 Å². The van der Waals surface area contributed by atoms with Crippen molar-refractivity contribution in [1.29, 1.82) is 5.26 Å². The molecule has 120 valence electrons. The van der Waals surface area contributed by atoms with Gasteiger partial charge in [-0.2, -0.15) is 5.26 Å². The van der Waals surface area contributed by atoms with E-state index in [4.69, 9.17) is 10.00 Å². The van der Waals surface area contributed by atoms with E-state index in [1.54, 1.807) is 24.3 Å². The van der Waals surface area contributed by atoms with Crippen molar-refractivity contribution in [3.63, 3.8) is 0 Å². The molecule has 0 spiro atoms. The van der Waals surface area contributed by atoms with Crippen molar-refractivity contribution in [2.75, 3.05) is 11.9 Å². The van der Waals surface area contributed by atoms with E-state index in [1.807, 2.05) is 6.07 Å². The Balaban J connectivity index is 1.41. The third kappa shape index (κ3) is 3.89. The molecule has 0 aliphatic heterocycles. The van der Waals surface area contributed by atoms with Crippen LogP contribution >= 0.6 is 0 Å². The number of esters is 1. The first kappa shape index (κ1) is 15.5. The summed E-state index contributed by atoms with van der Waals surface area (Å²) in [6, 6.07) is 8.62. The van der Waals surface area contributed by atoms with Crippen LogP contribution < -0.4 is 5.32 Å². The smallest absolute Gasteiger partial charge is 0.306 e. The molecule has 23 heavy (non-hydrogen) atoms. The number of hydrogen-bond acceptors (Lipinski definition) is 4. The number of nitriles is 1. The van der Waals surface area contributed by atoms with E-state index < -0.39 is 0 Å². The molecule has 1 aromatic rings. The summed E-state index contributed by atoms with van der Waals surface area (Å²) in [4.78, 5) is 23.7. The minimum absolute atomic E-state index is 0.281. The standard InChI is InChI=1S/C18H20N2O3/c19-10-13-2-1-3-16(8-13)20-17(21)11-23-18(22)9-15-7-12-4-5-14(15)6-12/h1-3,8,12,14-15H,4-7,9,11H2,(H,20,21)/t12-,14-,15+/m1/s1. The molecule has 0 heterocycles. The predicted octanol–water partition coefficient (Wildman–Crippen LogP) is 2.87. The van der Waals surface area contributed by atoms with Crippen molar-refractivity contribution >= 4 is 17.6 Å². The average Bonchev–Trinajstić information content (AvgIpc) is 3.16. The molecule has 2 aliphatic carbocycles. The molecular formula is C18H20N2O3. The van der Waals surface area contributed by atoms with Crippen LogP contribution in [0, 0.1) is 29.1 Å². The van der Waals surface area contributed by atoms with Gasteiger partial charge in [0.25, 0.3) is 5.91 Å². The number of carbonyl (C=O) groups is 2. The maximum atomic E-state index is 11.9. The molecule has 3 rings (SSSR count). The van der Waals surface area contributed by atoms with Crippen LogP contribution in [0.15, 0.2) is 24.3 Å². The van der Waals surface area contributed by atoms with Crippen molar-refractivity contribution in [3.8, 4) is 6.07 Å². The Kier molecular flexibility index (Phi) is 4.61. The topological polar surface area (TPSA) is 79.2 Å². The van der Waals surface area contributed by atoms with Crippen molar-refractivity contribution in [3.05, 3.63) is 29.8 Å². The number of nitrogens with one attached hydrogen (secondary N) is 1. The lowest BCUT2D eigenvalue weighted by atomic mass is 9.86. The van der Waals surface area contributed by atoms with Crippen LogP contribution in [0.4, 0.5) is 5.69 Å². The van der Waals surface area contributed by atoms with Crippen LogP contribution in [-0.2, 0) is 14.3 Å². The summed E-state index contributed by atoms with van der Waals surface area (Å²) in [7, 11) is 0. The first-order valence-corrected chi connectivity index (χ1v) is 8.09. The molecule has 2 fully saturated rings. The highest BCUT2D eigenvalue weighted by Gasteiger charge is 2.40. The van der Waals surface area contributed by atoms with Gasteiger partial charge in [0.1, 0.15) is 0 Å². The second-order valence-corrected chi connectivity index (χ2v) is 6.54. The molecule has 1 aromatic carbocycles. The molecule has 2 saturated carbocycles. The average molecular weight is 312 g/mol. The molecule has 0 unspecified atom stereocenters. The molecular weight excluding hydrogens is 292 g/mol. The summed E-state index contributed by atoms with van der Waals surface area (Å²) in [5, 5.41) is 11.4. The molecule has 0 radical (unpaired) electrons. The summed E-state index contributed by atoms with van der Waals surface area (Å²) in [6.07, 6.45) is 5.36. The van der Waals surface area contributed by atoms with Gasteiger partial charge < -0.3 is 10.1 Å². The minimum Gasteiger partial charge on any atom is -0.456 e. The summed E-state index contributed by atoms with van der Waals surface area (Å²) in [6.45, 7) is -0.281. The van der Waals surface area contributed by atoms with Crippen LogP contribution in [0.3, 0.4) is 0 Å². The monoisotopic (exact) mass is 312 g/mol. The number of fused-ring (bicyclic) bond motifs is 2. The molecule has 5 heteroatoms. The molecule has 1 N–H and O–H groups in total. The Morgan fingerprint density at radius 1 is 1.30 bits per heavy atom. The Labute approximate surface area is 135 Å². The number of benzene rings is 1. The van der Waals surface area contributed by atoms with Gasteiger partial charge in [-0.05, 0) is 55.2 Å². The van der Waals surface area contributed by atoms with E-state index in [-0.39, 0.29) is 18.5 Å². The van der Waals surface area contributed by atoms with E-state index in [0.29, 0.717) is 29.5 Å². The molecule has 0 aromatic heterocycles. The molecule has 3 atom stereocenters. The fourth-order valence-corrected chi connectivity index (χ4v) is 3.91. The van der Waals surface area contributed by atoms with Gasteiger partial charge in [-0.3, -0.25) is 9.59 Å². The number of amides is 1. The largest absolute Gasteiger partial charge is 0.456 e. The Hall–Kier alpha value is -2.35. The molecule has 5 nitrogen and oxygen atoms in total. The van der Waals surface area contributed by atoms with Crippen molar-refractivity contribution in [2.24, 2.45) is 17.8 Å². The number of hydrogen-bond donors (Lipinski definition) is 1. The van der Waals surface area contributed by atoms with E-state index >= 15 is 0 Å². The number of nitrogens with zero attached hydrogens (tertiary/aromatic N) is 1. The third-order valence-electron chi connectivity index (χ3n) is 4.95. The number of rotatable bonds is 5. The fraction of sp³-hybridized carbons (Fsp3) is 0.500. The highest BCUT2D eigenvalue weighted by molar-refractivity contribution is 5.92. The second-order valence-electron chi connectivity index (χ2n) is 6.54. The molecule has 1 amide bonds. The lowest BCUT2D eigenvalue weighted by Crippen LogP contribution is -2.23. The van der Waals surface area contributed by atoms with E-state index in [0.717, 1.165) is 12.3 Å². The number of ether oxygens (including phenoxy) is 1. The number of carbonyl (C=O) groups excluding carboxylic acids is 2. The van der Waals surface area contributed by atoms with Gasteiger partial charge in [-0.15, -0.1) is 0 Å².